The lowest BCUT2D eigenvalue weighted by Crippen LogP contribution is -2.36. The van der Waals surface area contributed by atoms with Crippen molar-refractivity contribution in [2.45, 2.75) is 0 Å². The zero-order valence-corrected chi connectivity index (χ0v) is 15.8. The van der Waals surface area contributed by atoms with Crippen LogP contribution in [0.1, 0.15) is 4.88 Å². The lowest BCUT2D eigenvalue weighted by atomic mass is 10.3. The number of nitrogen functional groups attached to an aromatic ring is 1. The van der Waals surface area contributed by atoms with Gasteiger partial charge in [0.1, 0.15) is 0 Å². The minimum atomic E-state index is 0.231. The first-order chi connectivity index (χ1) is 13.2. The second-order valence-corrected chi connectivity index (χ2v) is 7.10. The lowest BCUT2D eigenvalue weighted by Gasteiger charge is -2.28. The van der Waals surface area contributed by atoms with E-state index in [1.54, 1.807) is 30.8 Å². The highest BCUT2D eigenvalue weighted by atomic mass is 32.1. The van der Waals surface area contributed by atoms with E-state index in [1.807, 2.05) is 12.2 Å². The normalized spacial score (nSPS) is 15.1. The molecule has 0 unspecified atom stereocenters. The molecule has 1 aliphatic rings. The van der Waals surface area contributed by atoms with Gasteiger partial charge in [0.25, 0.3) is 0 Å². The number of aromatic nitrogens is 4. The molecular formula is C18H20N6O2S. The Balaban J connectivity index is 1.81. The van der Waals surface area contributed by atoms with Crippen LogP contribution in [0, 0.1) is 0 Å². The quantitative estimate of drug-likeness (QED) is 0.715. The fraction of sp³-hybridized carbons (Fsp3) is 0.333. The molecule has 0 aliphatic carbocycles. The number of thiophene rings is 1. The Morgan fingerprint density at radius 1 is 1.26 bits per heavy atom. The first-order valence-corrected chi connectivity index (χ1v) is 9.44. The van der Waals surface area contributed by atoms with Crippen molar-refractivity contribution in [1.29, 1.82) is 0 Å². The van der Waals surface area contributed by atoms with Gasteiger partial charge in [0.2, 0.25) is 5.95 Å². The van der Waals surface area contributed by atoms with Crippen molar-refractivity contribution >= 4 is 39.4 Å². The number of methoxy groups -OCH3 is 1. The summed E-state index contributed by atoms with van der Waals surface area (Å²) >= 11 is 1.67. The smallest absolute Gasteiger partial charge is 0.219 e. The van der Waals surface area contributed by atoms with E-state index in [0.717, 1.165) is 39.6 Å². The predicted molar refractivity (Wildman–Crippen MR) is 107 cm³/mol. The third-order valence-corrected chi connectivity index (χ3v) is 5.24. The van der Waals surface area contributed by atoms with Crippen molar-refractivity contribution in [2.24, 2.45) is 0 Å². The molecule has 9 heteroatoms. The molecule has 0 radical (unpaired) electrons. The number of nitrogens with two attached hydrogens (primary N) is 1. The highest BCUT2D eigenvalue weighted by Gasteiger charge is 2.20. The predicted octanol–water partition coefficient (Wildman–Crippen LogP) is 2.23. The van der Waals surface area contributed by atoms with Gasteiger partial charge in [-0.05, 0) is 12.1 Å². The van der Waals surface area contributed by atoms with E-state index in [1.165, 1.54) is 0 Å². The SMILES string of the molecule is COCC=Cc1cc2nc(-c3cnc(N)nc3)nc(N3CCOCC3)c2s1. The molecular weight excluding hydrogens is 364 g/mol. The van der Waals surface area contributed by atoms with Gasteiger partial charge in [0.15, 0.2) is 11.6 Å². The number of hydrogen-bond donors (Lipinski definition) is 1. The zero-order chi connectivity index (χ0) is 18.6. The molecule has 27 heavy (non-hydrogen) atoms. The van der Waals surface area contributed by atoms with E-state index in [-0.39, 0.29) is 5.95 Å². The Morgan fingerprint density at radius 3 is 2.78 bits per heavy atom. The van der Waals surface area contributed by atoms with Crippen LogP contribution in [0.25, 0.3) is 27.7 Å². The van der Waals surface area contributed by atoms with Gasteiger partial charge in [0, 0.05) is 37.5 Å². The Morgan fingerprint density at radius 2 is 2.04 bits per heavy atom. The molecule has 140 valence electrons. The molecule has 0 amide bonds. The Kier molecular flexibility index (Phi) is 5.23. The molecule has 0 atom stereocenters. The number of nitrogens with zero attached hydrogens (tertiary/aromatic N) is 5. The average Bonchev–Trinajstić information content (AvgIpc) is 3.11. The first-order valence-electron chi connectivity index (χ1n) is 8.62. The fourth-order valence-electron chi connectivity index (χ4n) is 2.85. The average molecular weight is 384 g/mol. The van der Waals surface area contributed by atoms with Gasteiger partial charge in [-0.25, -0.2) is 19.9 Å². The molecule has 2 N–H and O–H groups in total. The number of rotatable bonds is 5. The molecule has 4 rings (SSSR count). The molecule has 1 aliphatic heterocycles. The summed E-state index contributed by atoms with van der Waals surface area (Å²) in [5, 5.41) is 0. The number of fused-ring (bicyclic) bond motifs is 1. The summed E-state index contributed by atoms with van der Waals surface area (Å²) in [7, 11) is 1.68. The topological polar surface area (TPSA) is 99.3 Å². The van der Waals surface area contributed by atoms with Crippen molar-refractivity contribution in [3.8, 4) is 11.4 Å². The lowest BCUT2D eigenvalue weighted by molar-refractivity contribution is 0.122. The fourth-order valence-corrected chi connectivity index (χ4v) is 3.89. The van der Waals surface area contributed by atoms with Crippen LogP contribution in [0.5, 0.6) is 0 Å². The molecule has 3 aromatic heterocycles. The summed E-state index contributed by atoms with van der Waals surface area (Å²) in [5.74, 6) is 1.75. The third kappa shape index (κ3) is 3.90. The van der Waals surface area contributed by atoms with Crippen molar-refractivity contribution in [1.82, 2.24) is 19.9 Å². The minimum Gasteiger partial charge on any atom is -0.381 e. The molecule has 1 fully saturated rings. The van der Waals surface area contributed by atoms with Crippen LogP contribution in [0.4, 0.5) is 11.8 Å². The van der Waals surface area contributed by atoms with E-state index in [4.69, 9.17) is 25.2 Å². The van der Waals surface area contributed by atoms with Crippen LogP contribution < -0.4 is 10.6 Å². The second kappa shape index (κ2) is 7.95. The maximum atomic E-state index is 5.60. The first kappa shape index (κ1) is 17.8. The van der Waals surface area contributed by atoms with Crippen LogP contribution in [-0.2, 0) is 9.47 Å². The van der Waals surface area contributed by atoms with Crippen molar-refractivity contribution in [3.05, 3.63) is 29.4 Å². The van der Waals surface area contributed by atoms with E-state index in [0.29, 0.717) is 25.6 Å². The van der Waals surface area contributed by atoms with Gasteiger partial charge in [0.05, 0.1) is 35.6 Å². The number of ether oxygens (including phenoxy) is 2. The minimum absolute atomic E-state index is 0.231. The maximum absolute atomic E-state index is 5.60. The van der Waals surface area contributed by atoms with Crippen LogP contribution in [0.3, 0.4) is 0 Å². The van der Waals surface area contributed by atoms with Gasteiger partial charge >= 0.3 is 0 Å². The monoisotopic (exact) mass is 384 g/mol. The summed E-state index contributed by atoms with van der Waals surface area (Å²) < 4.78 is 11.6. The molecule has 0 aromatic carbocycles. The van der Waals surface area contributed by atoms with Gasteiger partial charge < -0.3 is 20.1 Å². The van der Waals surface area contributed by atoms with Crippen molar-refractivity contribution in [3.63, 3.8) is 0 Å². The van der Waals surface area contributed by atoms with E-state index in [2.05, 4.69) is 20.9 Å². The highest BCUT2D eigenvalue weighted by Crippen LogP contribution is 2.34. The second-order valence-electron chi connectivity index (χ2n) is 6.02. The third-order valence-electron chi connectivity index (χ3n) is 4.16. The Hall–Kier alpha value is -2.62. The summed E-state index contributed by atoms with van der Waals surface area (Å²) in [5.41, 5.74) is 7.24. The molecule has 1 saturated heterocycles. The van der Waals surface area contributed by atoms with Gasteiger partial charge in [-0.1, -0.05) is 6.08 Å². The summed E-state index contributed by atoms with van der Waals surface area (Å²) in [6, 6.07) is 2.07. The highest BCUT2D eigenvalue weighted by molar-refractivity contribution is 7.20. The molecule has 0 bridgehead atoms. The van der Waals surface area contributed by atoms with E-state index >= 15 is 0 Å². The Bertz CT molecular complexity index is 950. The molecule has 4 heterocycles. The number of anilines is 2. The number of morpholine rings is 1. The molecule has 0 spiro atoms. The summed E-state index contributed by atoms with van der Waals surface area (Å²) in [6.07, 6.45) is 7.34. The van der Waals surface area contributed by atoms with Crippen molar-refractivity contribution in [2.75, 3.05) is 50.7 Å². The molecule has 0 saturated carbocycles. The van der Waals surface area contributed by atoms with Crippen LogP contribution in [-0.4, -0.2) is 60.0 Å². The Labute approximate surface area is 160 Å². The largest absolute Gasteiger partial charge is 0.381 e. The van der Waals surface area contributed by atoms with Crippen LogP contribution in [0.2, 0.25) is 0 Å². The van der Waals surface area contributed by atoms with Gasteiger partial charge in [-0.3, -0.25) is 0 Å². The van der Waals surface area contributed by atoms with Crippen LogP contribution >= 0.6 is 11.3 Å². The number of hydrogen-bond acceptors (Lipinski definition) is 9. The van der Waals surface area contributed by atoms with E-state index in [9.17, 15) is 0 Å². The molecule has 8 nitrogen and oxygen atoms in total. The molecule has 3 aromatic rings. The van der Waals surface area contributed by atoms with Crippen molar-refractivity contribution < 1.29 is 9.47 Å². The zero-order valence-electron chi connectivity index (χ0n) is 15.0. The maximum Gasteiger partial charge on any atom is 0.219 e. The summed E-state index contributed by atoms with van der Waals surface area (Å²) in [6.45, 7) is 3.56. The van der Waals surface area contributed by atoms with Gasteiger partial charge in [-0.2, -0.15) is 0 Å². The standard InChI is InChI=1S/C18H20N6O2S/c1-25-6-2-3-13-9-14-15(27-13)17(24-4-7-26-8-5-24)23-16(22-14)12-10-20-18(19)21-11-12/h2-3,9-11H,4-8H2,1H3,(H2,19,20,21). The van der Waals surface area contributed by atoms with Gasteiger partial charge in [-0.15, -0.1) is 11.3 Å². The van der Waals surface area contributed by atoms with Crippen LogP contribution in [0.15, 0.2) is 24.5 Å². The summed E-state index contributed by atoms with van der Waals surface area (Å²) in [4.78, 5) is 21.0. The van der Waals surface area contributed by atoms with E-state index < -0.39 is 0 Å².